The Kier molecular flexibility index (Phi) is 5.46. The number of carbonyl (C=O) groups is 1. The van der Waals surface area contributed by atoms with E-state index < -0.39 is 18.4 Å². The van der Waals surface area contributed by atoms with Crippen molar-refractivity contribution in [3.8, 4) is 0 Å². The molecule has 1 rings (SSSR count). The van der Waals surface area contributed by atoms with Gasteiger partial charge in [0.1, 0.15) is 12.0 Å². The van der Waals surface area contributed by atoms with Crippen LogP contribution in [0.1, 0.15) is 19.8 Å². The van der Waals surface area contributed by atoms with Crippen molar-refractivity contribution in [1.29, 1.82) is 0 Å². The van der Waals surface area contributed by atoms with Gasteiger partial charge in [-0.15, -0.1) is 0 Å². The summed E-state index contributed by atoms with van der Waals surface area (Å²) in [6.45, 7) is 1.42. The number of oxime groups is 1. The predicted molar refractivity (Wildman–Crippen MR) is 64.1 cm³/mol. The van der Waals surface area contributed by atoms with Crippen LogP contribution < -0.4 is 11.1 Å². The molecule has 0 aromatic carbocycles. The number of amides is 1. The van der Waals surface area contributed by atoms with Crippen molar-refractivity contribution in [1.82, 2.24) is 5.32 Å². The van der Waals surface area contributed by atoms with Crippen molar-refractivity contribution in [2.24, 2.45) is 22.2 Å². The minimum Gasteiger partial charge on any atom is -0.409 e. The Hall–Kier alpha value is -1.44. The molecule has 8 heteroatoms. The van der Waals surface area contributed by atoms with E-state index in [0.29, 0.717) is 18.8 Å². The quantitative estimate of drug-likeness (QED) is 0.208. The molecule has 110 valence electrons. The third kappa shape index (κ3) is 3.76. The van der Waals surface area contributed by atoms with Gasteiger partial charge in [-0.05, 0) is 18.8 Å². The van der Waals surface area contributed by atoms with Gasteiger partial charge in [0.15, 0.2) is 5.84 Å². The lowest BCUT2D eigenvalue weighted by molar-refractivity contribution is -0.133. The SMILES string of the molecule is CC1CC(C(=O)NCCOCC(F)F)(C(N)=NO)C1. The maximum atomic E-state index is 12.0. The number of hydrogen-bond acceptors (Lipinski definition) is 4. The van der Waals surface area contributed by atoms with Crippen LogP contribution in [0.15, 0.2) is 5.16 Å². The average molecular weight is 279 g/mol. The van der Waals surface area contributed by atoms with E-state index in [-0.39, 0.29) is 24.9 Å². The number of rotatable bonds is 7. The second-order valence-corrected chi connectivity index (χ2v) is 4.80. The van der Waals surface area contributed by atoms with E-state index in [0.717, 1.165) is 0 Å². The van der Waals surface area contributed by atoms with Crippen LogP contribution >= 0.6 is 0 Å². The highest BCUT2D eigenvalue weighted by Gasteiger charge is 2.51. The van der Waals surface area contributed by atoms with E-state index in [1.807, 2.05) is 6.92 Å². The summed E-state index contributed by atoms with van der Waals surface area (Å²) in [7, 11) is 0. The number of carbonyl (C=O) groups excluding carboxylic acids is 1. The van der Waals surface area contributed by atoms with Crippen LogP contribution in [0, 0.1) is 11.3 Å². The number of alkyl halides is 2. The lowest BCUT2D eigenvalue weighted by atomic mass is 9.61. The fraction of sp³-hybridized carbons (Fsp3) is 0.818. The molecule has 0 bridgehead atoms. The highest BCUT2D eigenvalue weighted by Crippen LogP contribution is 2.45. The first-order valence-electron chi connectivity index (χ1n) is 6.04. The normalized spacial score (nSPS) is 27.2. The van der Waals surface area contributed by atoms with Crippen LogP contribution in [0.25, 0.3) is 0 Å². The number of hydrogen-bond donors (Lipinski definition) is 3. The largest absolute Gasteiger partial charge is 0.409 e. The molecular weight excluding hydrogens is 260 g/mol. The molecule has 0 saturated heterocycles. The Morgan fingerprint density at radius 3 is 2.74 bits per heavy atom. The number of nitrogens with two attached hydrogens (primary N) is 1. The van der Waals surface area contributed by atoms with Crippen molar-refractivity contribution >= 4 is 11.7 Å². The molecule has 1 aliphatic rings. The lowest BCUT2D eigenvalue weighted by Gasteiger charge is -2.43. The first kappa shape index (κ1) is 15.6. The lowest BCUT2D eigenvalue weighted by Crippen LogP contribution is -2.57. The maximum absolute atomic E-state index is 12.0. The standard InChI is InChI=1S/C11H19F2N3O3/c1-7-4-11(5-7,9(14)16-18)10(17)15-2-3-19-6-8(12)13/h7-8,18H,2-6H2,1H3,(H2,14,16)(H,15,17). The molecule has 19 heavy (non-hydrogen) atoms. The van der Waals surface area contributed by atoms with Crippen molar-refractivity contribution in [2.75, 3.05) is 19.8 Å². The zero-order chi connectivity index (χ0) is 14.5. The van der Waals surface area contributed by atoms with Gasteiger partial charge in [0.25, 0.3) is 6.43 Å². The van der Waals surface area contributed by atoms with Crippen molar-refractivity contribution in [2.45, 2.75) is 26.2 Å². The molecule has 1 aliphatic carbocycles. The Balaban J connectivity index is 2.38. The van der Waals surface area contributed by atoms with E-state index in [4.69, 9.17) is 10.9 Å². The first-order valence-corrected chi connectivity index (χ1v) is 6.04. The molecule has 0 aliphatic heterocycles. The van der Waals surface area contributed by atoms with Gasteiger partial charge in [0.2, 0.25) is 5.91 Å². The predicted octanol–water partition coefficient (Wildman–Crippen LogP) is 0.547. The van der Waals surface area contributed by atoms with E-state index in [9.17, 15) is 13.6 Å². The average Bonchev–Trinajstić information content (AvgIpc) is 2.32. The Bertz CT molecular complexity index is 344. The zero-order valence-electron chi connectivity index (χ0n) is 10.7. The summed E-state index contributed by atoms with van der Waals surface area (Å²) >= 11 is 0. The second kappa shape index (κ2) is 6.65. The number of halogens is 2. The van der Waals surface area contributed by atoms with Gasteiger partial charge in [-0.2, -0.15) is 0 Å². The van der Waals surface area contributed by atoms with Crippen molar-refractivity contribution in [3.63, 3.8) is 0 Å². The molecular formula is C11H19F2N3O3. The summed E-state index contributed by atoms with van der Waals surface area (Å²) in [6.07, 6.45) is -1.51. The van der Waals surface area contributed by atoms with Gasteiger partial charge in [-0.25, -0.2) is 8.78 Å². The topological polar surface area (TPSA) is 96.9 Å². The summed E-state index contributed by atoms with van der Waals surface area (Å²) in [5, 5.41) is 14.2. The number of amidine groups is 1. The highest BCUT2D eigenvalue weighted by atomic mass is 19.3. The minimum absolute atomic E-state index is 0.00210. The number of ether oxygens (including phenoxy) is 1. The molecule has 0 radical (unpaired) electrons. The third-order valence-electron chi connectivity index (χ3n) is 3.20. The van der Waals surface area contributed by atoms with Gasteiger partial charge >= 0.3 is 0 Å². The van der Waals surface area contributed by atoms with Gasteiger partial charge in [0.05, 0.1) is 6.61 Å². The highest BCUT2D eigenvalue weighted by molar-refractivity contribution is 6.07. The third-order valence-corrected chi connectivity index (χ3v) is 3.20. The molecule has 0 spiro atoms. The van der Waals surface area contributed by atoms with Crippen LogP contribution in [0.2, 0.25) is 0 Å². The van der Waals surface area contributed by atoms with Crippen LogP contribution in [0.4, 0.5) is 8.78 Å². The van der Waals surface area contributed by atoms with E-state index >= 15 is 0 Å². The zero-order valence-corrected chi connectivity index (χ0v) is 10.7. The molecule has 0 atom stereocenters. The molecule has 0 heterocycles. The second-order valence-electron chi connectivity index (χ2n) is 4.80. The number of nitrogens with one attached hydrogen (secondary N) is 1. The van der Waals surface area contributed by atoms with Crippen LogP contribution in [-0.4, -0.2) is 43.1 Å². The monoisotopic (exact) mass is 279 g/mol. The fourth-order valence-electron chi connectivity index (χ4n) is 2.31. The van der Waals surface area contributed by atoms with E-state index in [2.05, 4.69) is 15.2 Å². The van der Waals surface area contributed by atoms with Gasteiger partial charge < -0.3 is 21.0 Å². The Morgan fingerprint density at radius 1 is 1.63 bits per heavy atom. The molecule has 4 N–H and O–H groups in total. The van der Waals surface area contributed by atoms with Gasteiger partial charge in [-0.3, -0.25) is 4.79 Å². The first-order chi connectivity index (χ1) is 8.92. The summed E-state index contributed by atoms with van der Waals surface area (Å²) in [5.74, 6) is -0.153. The van der Waals surface area contributed by atoms with E-state index in [1.54, 1.807) is 0 Å². The van der Waals surface area contributed by atoms with Crippen molar-refractivity contribution < 1.29 is 23.5 Å². The number of nitrogens with zero attached hydrogens (tertiary/aromatic N) is 1. The molecule has 0 unspecified atom stereocenters. The summed E-state index contributed by atoms with van der Waals surface area (Å²) in [5.41, 5.74) is 4.58. The smallest absolute Gasteiger partial charge is 0.261 e. The van der Waals surface area contributed by atoms with Crippen LogP contribution in [0.5, 0.6) is 0 Å². The van der Waals surface area contributed by atoms with Crippen molar-refractivity contribution in [3.05, 3.63) is 0 Å². The molecule has 1 fully saturated rings. The van der Waals surface area contributed by atoms with Crippen LogP contribution in [0.3, 0.4) is 0 Å². The summed E-state index contributed by atoms with van der Waals surface area (Å²) in [6, 6.07) is 0. The molecule has 0 aromatic heterocycles. The molecule has 6 nitrogen and oxygen atoms in total. The van der Waals surface area contributed by atoms with E-state index in [1.165, 1.54) is 0 Å². The minimum atomic E-state index is -2.52. The molecule has 1 saturated carbocycles. The molecule has 0 aromatic rings. The van der Waals surface area contributed by atoms with Crippen LogP contribution in [-0.2, 0) is 9.53 Å². The Morgan fingerprint density at radius 2 is 2.26 bits per heavy atom. The Labute approximate surface area is 110 Å². The summed E-state index contributed by atoms with van der Waals surface area (Å²) in [4.78, 5) is 12.0. The maximum Gasteiger partial charge on any atom is 0.261 e. The summed E-state index contributed by atoms with van der Waals surface area (Å²) < 4.78 is 28.2. The van der Waals surface area contributed by atoms with Gasteiger partial charge in [0, 0.05) is 6.54 Å². The fourth-order valence-corrected chi connectivity index (χ4v) is 2.31. The molecule has 1 amide bonds. The van der Waals surface area contributed by atoms with Gasteiger partial charge in [-0.1, -0.05) is 12.1 Å².